The molecule has 1 aromatic rings. The first-order chi connectivity index (χ1) is 6.55. The molecule has 74 valence electrons. The maximum atomic E-state index is 11.1. The number of ether oxygens (including phenoxy) is 1. The van der Waals surface area contributed by atoms with Crippen LogP contribution < -0.4 is 5.73 Å². The zero-order valence-electron chi connectivity index (χ0n) is 8.28. The number of hydrogen-bond acceptors (Lipinski definition) is 2. The number of carbonyl (C=O) groups excluding carboxylic acids is 1. The normalized spacial score (nSPS) is 30.0. The molecule has 0 saturated carbocycles. The van der Waals surface area contributed by atoms with Gasteiger partial charge in [0, 0.05) is 0 Å². The van der Waals surface area contributed by atoms with Gasteiger partial charge in [0.05, 0.1) is 0 Å². The standard InChI is InChI=1S/C11H13NO2/c1-7-5-3-4-6-8(7)9-11(2,14-9)10(12)13/h3-6,9H,1-2H3,(H2,12,13). The molecular weight excluding hydrogens is 178 g/mol. The van der Waals surface area contributed by atoms with Gasteiger partial charge >= 0.3 is 0 Å². The molecule has 3 heteroatoms. The van der Waals surface area contributed by atoms with Crippen LogP contribution in [0.2, 0.25) is 0 Å². The molecule has 2 atom stereocenters. The van der Waals surface area contributed by atoms with E-state index in [4.69, 9.17) is 10.5 Å². The Balaban J connectivity index is 2.29. The quantitative estimate of drug-likeness (QED) is 0.716. The van der Waals surface area contributed by atoms with Crippen molar-refractivity contribution in [3.8, 4) is 0 Å². The molecule has 14 heavy (non-hydrogen) atoms. The molecule has 0 aliphatic carbocycles. The number of hydrogen-bond donors (Lipinski definition) is 1. The van der Waals surface area contributed by atoms with Crippen molar-refractivity contribution in [3.05, 3.63) is 35.4 Å². The molecule has 0 radical (unpaired) electrons. The van der Waals surface area contributed by atoms with Gasteiger partial charge in [-0.1, -0.05) is 24.3 Å². The summed E-state index contributed by atoms with van der Waals surface area (Å²) < 4.78 is 5.36. The Labute approximate surface area is 82.9 Å². The first-order valence-corrected chi connectivity index (χ1v) is 4.59. The van der Waals surface area contributed by atoms with Crippen molar-refractivity contribution in [2.24, 2.45) is 5.73 Å². The van der Waals surface area contributed by atoms with E-state index in [1.54, 1.807) is 6.92 Å². The average Bonchev–Trinajstić information content (AvgIpc) is 2.80. The second-order valence-corrected chi connectivity index (χ2v) is 3.83. The van der Waals surface area contributed by atoms with Gasteiger partial charge in [-0.3, -0.25) is 4.79 Å². The van der Waals surface area contributed by atoms with E-state index in [-0.39, 0.29) is 6.10 Å². The highest BCUT2D eigenvalue weighted by Crippen LogP contribution is 2.49. The van der Waals surface area contributed by atoms with Crippen LogP contribution in [0.15, 0.2) is 24.3 Å². The number of aryl methyl sites for hydroxylation is 1. The number of amides is 1. The van der Waals surface area contributed by atoms with Crippen LogP contribution in [0, 0.1) is 6.92 Å². The third-order valence-electron chi connectivity index (χ3n) is 2.77. The van der Waals surface area contributed by atoms with Crippen LogP contribution in [-0.4, -0.2) is 11.5 Å². The molecule has 1 saturated heterocycles. The van der Waals surface area contributed by atoms with Gasteiger partial charge in [-0.2, -0.15) is 0 Å². The molecule has 2 rings (SSSR count). The molecule has 1 amide bonds. The Kier molecular flexibility index (Phi) is 1.86. The molecular formula is C11H13NO2. The van der Waals surface area contributed by atoms with Crippen molar-refractivity contribution in [1.82, 2.24) is 0 Å². The highest BCUT2D eigenvalue weighted by atomic mass is 16.6. The summed E-state index contributed by atoms with van der Waals surface area (Å²) in [6, 6.07) is 7.86. The van der Waals surface area contributed by atoms with Crippen LogP contribution in [0.25, 0.3) is 0 Å². The van der Waals surface area contributed by atoms with Crippen molar-refractivity contribution in [1.29, 1.82) is 0 Å². The van der Waals surface area contributed by atoms with E-state index >= 15 is 0 Å². The van der Waals surface area contributed by atoms with Gasteiger partial charge in [0.2, 0.25) is 0 Å². The van der Waals surface area contributed by atoms with Crippen molar-refractivity contribution in [2.45, 2.75) is 25.6 Å². The number of rotatable bonds is 2. The molecule has 0 spiro atoms. The summed E-state index contributed by atoms with van der Waals surface area (Å²) in [7, 11) is 0. The molecule has 3 nitrogen and oxygen atoms in total. The Morgan fingerprint density at radius 3 is 2.64 bits per heavy atom. The molecule has 1 aliphatic rings. The van der Waals surface area contributed by atoms with Crippen molar-refractivity contribution < 1.29 is 9.53 Å². The third kappa shape index (κ3) is 1.21. The number of benzene rings is 1. The molecule has 2 N–H and O–H groups in total. The Hall–Kier alpha value is -1.35. The fraction of sp³-hybridized carbons (Fsp3) is 0.364. The van der Waals surface area contributed by atoms with Gasteiger partial charge < -0.3 is 10.5 Å². The van der Waals surface area contributed by atoms with Crippen LogP contribution in [-0.2, 0) is 9.53 Å². The topological polar surface area (TPSA) is 55.6 Å². The lowest BCUT2D eigenvalue weighted by Gasteiger charge is -2.03. The third-order valence-corrected chi connectivity index (χ3v) is 2.77. The fourth-order valence-electron chi connectivity index (χ4n) is 1.64. The molecule has 1 heterocycles. The number of primary amides is 1. The van der Waals surface area contributed by atoms with Crippen molar-refractivity contribution in [3.63, 3.8) is 0 Å². The van der Waals surface area contributed by atoms with Gasteiger partial charge in [-0.25, -0.2) is 0 Å². The summed E-state index contributed by atoms with van der Waals surface area (Å²) in [4.78, 5) is 11.1. The molecule has 0 aromatic heterocycles. The number of epoxide rings is 1. The first-order valence-electron chi connectivity index (χ1n) is 4.59. The number of carbonyl (C=O) groups is 1. The molecule has 1 aliphatic heterocycles. The van der Waals surface area contributed by atoms with Crippen LogP contribution >= 0.6 is 0 Å². The zero-order valence-corrected chi connectivity index (χ0v) is 8.28. The summed E-state index contributed by atoms with van der Waals surface area (Å²) in [5.74, 6) is -0.397. The van der Waals surface area contributed by atoms with Gasteiger partial charge in [0.25, 0.3) is 5.91 Å². The summed E-state index contributed by atoms with van der Waals surface area (Å²) in [6.45, 7) is 3.73. The lowest BCUT2D eigenvalue weighted by atomic mass is 9.97. The summed E-state index contributed by atoms with van der Waals surface area (Å²) in [5.41, 5.74) is 6.62. The minimum Gasteiger partial charge on any atom is -0.367 e. The van der Waals surface area contributed by atoms with Gasteiger partial charge in [-0.05, 0) is 25.0 Å². The minimum absolute atomic E-state index is 0.166. The van der Waals surface area contributed by atoms with Crippen LogP contribution in [0.1, 0.15) is 24.2 Å². The summed E-state index contributed by atoms with van der Waals surface area (Å²) in [6.07, 6.45) is -0.166. The Morgan fingerprint density at radius 2 is 2.14 bits per heavy atom. The Bertz CT molecular complexity index is 389. The maximum absolute atomic E-state index is 11.1. The summed E-state index contributed by atoms with van der Waals surface area (Å²) >= 11 is 0. The van der Waals surface area contributed by atoms with E-state index in [0.29, 0.717) is 0 Å². The lowest BCUT2D eigenvalue weighted by Crippen LogP contribution is -2.29. The monoisotopic (exact) mass is 191 g/mol. The van der Waals surface area contributed by atoms with Crippen molar-refractivity contribution >= 4 is 5.91 Å². The van der Waals surface area contributed by atoms with Gasteiger partial charge in [0.1, 0.15) is 6.10 Å². The number of nitrogens with two attached hydrogens (primary N) is 1. The van der Waals surface area contributed by atoms with Crippen LogP contribution in [0.3, 0.4) is 0 Å². The van der Waals surface area contributed by atoms with Gasteiger partial charge in [0.15, 0.2) is 5.60 Å². The van der Waals surface area contributed by atoms with E-state index in [1.807, 2.05) is 31.2 Å². The van der Waals surface area contributed by atoms with E-state index < -0.39 is 11.5 Å². The highest BCUT2D eigenvalue weighted by Gasteiger charge is 2.58. The first kappa shape index (κ1) is 9.21. The van der Waals surface area contributed by atoms with Crippen molar-refractivity contribution in [2.75, 3.05) is 0 Å². The van der Waals surface area contributed by atoms with Crippen LogP contribution in [0.5, 0.6) is 0 Å². The highest BCUT2D eigenvalue weighted by molar-refractivity contribution is 5.86. The maximum Gasteiger partial charge on any atom is 0.252 e. The second-order valence-electron chi connectivity index (χ2n) is 3.83. The SMILES string of the molecule is Cc1ccccc1C1OC1(C)C(N)=O. The summed E-state index contributed by atoms with van der Waals surface area (Å²) in [5, 5.41) is 0. The predicted molar refractivity (Wildman–Crippen MR) is 52.6 cm³/mol. The Morgan fingerprint density at radius 1 is 1.50 bits per heavy atom. The molecule has 1 aromatic carbocycles. The fourth-order valence-corrected chi connectivity index (χ4v) is 1.64. The minimum atomic E-state index is -0.799. The predicted octanol–water partition coefficient (Wildman–Crippen LogP) is 1.31. The van der Waals surface area contributed by atoms with E-state index in [2.05, 4.69) is 0 Å². The average molecular weight is 191 g/mol. The molecule has 0 bridgehead atoms. The lowest BCUT2D eigenvalue weighted by molar-refractivity contribution is -0.122. The van der Waals surface area contributed by atoms with E-state index in [9.17, 15) is 4.79 Å². The molecule has 1 fully saturated rings. The second kappa shape index (κ2) is 2.82. The smallest absolute Gasteiger partial charge is 0.252 e. The van der Waals surface area contributed by atoms with Crippen LogP contribution in [0.4, 0.5) is 0 Å². The largest absolute Gasteiger partial charge is 0.367 e. The van der Waals surface area contributed by atoms with E-state index in [1.165, 1.54) is 0 Å². The zero-order chi connectivity index (χ0) is 10.3. The van der Waals surface area contributed by atoms with Gasteiger partial charge in [-0.15, -0.1) is 0 Å². The van der Waals surface area contributed by atoms with E-state index in [0.717, 1.165) is 11.1 Å². The molecule has 2 unspecified atom stereocenters.